The number of nitrogens with zero attached hydrogens (tertiary/aromatic N) is 1. The highest BCUT2D eigenvalue weighted by Crippen LogP contribution is 2.24. The van der Waals surface area contributed by atoms with Gasteiger partial charge in [-0.25, -0.2) is 0 Å². The maximum absolute atomic E-state index is 12.2. The van der Waals surface area contributed by atoms with Crippen LogP contribution in [0.25, 0.3) is 0 Å². The van der Waals surface area contributed by atoms with Crippen molar-refractivity contribution in [3.63, 3.8) is 0 Å². The highest BCUT2D eigenvalue weighted by atomic mass is 16.1. The number of amides is 1. The number of aryl methyl sites for hydroxylation is 1. The van der Waals surface area contributed by atoms with E-state index in [2.05, 4.69) is 15.6 Å². The standard InChI is InChI=1S/C17H19N3O/c1-12-4-2-3-5-13(12)10-19-17(21)14-8-16(11-18-9-14)20-15-6-7-15/h2-5,8-9,11,15,20H,6-7,10H2,1H3,(H,19,21). The lowest BCUT2D eigenvalue weighted by molar-refractivity contribution is 0.0950. The minimum atomic E-state index is -0.0924. The van der Waals surface area contributed by atoms with E-state index in [1.807, 2.05) is 37.3 Å². The van der Waals surface area contributed by atoms with Gasteiger partial charge in [-0.1, -0.05) is 24.3 Å². The molecule has 1 heterocycles. The molecule has 0 atom stereocenters. The Morgan fingerprint density at radius 1 is 1.29 bits per heavy atom. The zero-order valence-corrected chi connectivity index (χ0v) is 12.1. The summed E-state index contributed by atoms with van der Waals surface area (Å²) in [6, 6.07) is 10.5. The van der Waals surface area contributed by atoms with Crippen molar-refractivity contribution in [1.82, 2.24) is 10.3 Å². The van der Waals surface area contributed by atoms with Crippen LogP contribution in [0.2, 0.25) is 0 Å². The normalized spacial score (nSPS) is 13.8. The number of carbonyl (C=O) groups excluding carboxylic acids is 1. The first-order valence-electron chi connectivity index (χ1n) is 7.26. The van der Waals surface area contributed by atoms with Gasteiger partial charge >= 0.3 is 0 Å². The second kappa shape index (κ2) is 5.95. The van der Waals surface area contributed by atoms with Crippen LogP contribution in [-0.2, 0) is 6.54 Å². The molecule has 1 aliphatic carbocycles. The fourth-order valence-corrected chi connectivity index (χ4v) is 2.19. The van der Waals surface area contributed by atoms with E-state index in [0.717, 1.165) is 11.3 Å². The second-order valence-corrected chi connectivity index (χ2v) is 5.49. The third kappa shape index (κ3) is 3.60. The molecule has 1 aromatic heterocycles. The molecule has 1 aromatic carbocycles. The zero-order valence-electron chi connectivity index (χ0n) is 12.1. The molecule has 0 spiro atoms. The van der Waals surface area contributed by atoms with Crippen molar-refractivity contribution >= 4 is 11.6 Å². The summed E-state index contributed by atoms with van der Waals surface area (Å²) >= 11 is 0. The summed E-state index contributed by atoms with van der Waals surface area (Å²) in [5.74, 6) is -0.0924. The van der Waals surface area contributed by atoms with Gasteiger partial charge in [0, 0.05) is 25.0 Å². The lowest BCUT2D eigenvalue weighted by atomic mass is 10.1. The van der Waals surface area contributed by atoms with Crippen LogP contribution in [0, 0.1) is 6.92 Å². The minimum Gasteiger partial charge on any atom is -0.381 e. The second-order valence-electron chi connectivity index (χ2n) is 5.49. The zero-order chi connectivity index (χ0) is 14.7. The highest BCUT2D eigenvalue weighted by molar-refractivity contribution is 5.94. The average molecular weight is 281 g/mol. The molecule has 4 nitrogen and oxygen atoms in total. The third-order valence-electron chi connectivity index (χ3n) is 3.65. The average Bonchev–Trinajstić information content (AvgIpc) is 3.30. The summed E-state index contributed by atoms with van der Waals surface area (Å²) in [5.41, 5.74) is 3.82. The third-order valence-corrected chi connectivity index (χ3v) is 3.65. The van der Waals surface area contributed by atoms with Crippen molar-refractivity contribution in [3.05, 3.63) is 59.4 Å². The SMILES string of the molecule is Cc1ccccc1CNC(=O)c1cncc(NC2CC2)c1. The quantitative estimate of drug-likeness (QED) is 0.886. The number of carbonyl (C=O) groups is 1. The molecule has 0 radical (unpaired) electrons. The van der Waals surface area contributed by atoms with Crippen molar-refractivity contribution in [2.45, 2.75) is 32.4 Å². The molecule has 1 aliphatic rings. The van der Waals surface area contributed by atoms with Crippen LogP contribution in [0.5, 0.6) is 0 Å². The first-order chi connectivity index (χ1) is 10.2. The number of pyridine rings is 1. The van der Waals surface area contributed by atoms with Gasteiger partial charge in [0.15, 0.2) is 0 Å². The van der Waals surface area contributed by atoms with E-state index in [1.54, 1.807) is 12.4 Å². The molecule has 0 aliphatic heterocycles. The van der Waals surface area contributed by atoms with Crippen LogP contribution < -0.4 is 10.6 Å². The fourth-order valence-electron chi connectivity index (χ4n) is 2.19. The summed E-state index contributed by atoms with van der Waals surface area (Å²) in [4.78, 5) is 16.3. The van der Waals surface area contributed by atoms with Crippen molar-refractivity contribution in [1.29, 1.82) is 0 Å². The first-order valence-corrected chi connectivity index (χ1v) is 7.26. The van der Waals surface area contributed by atoms with E-state index in [4.69, 9.17) is 0 Å². The summed E-state index contributed by atoms with van der Waals surface area (Å²) < 4.78 is 0. The number of hydrogen-bond acceptors (Lipinski definition) is 3. The monoisotopic (exact) mass is 281 g/mol. The predicted octanol–water partition coefficient (Wildman–Crippen LogP) is 2.89. The summed E-state index contributed by atoms with van der Waals surface area (Å²) in [6.07, 6.45) is 5.76. The lowest BCUT2D eigenvalue weighted by Gasteiger charge is -2.09. The lowest BCUT2D eigenvalue weighted by Crippen LogP contribution is -2.23. The molecule has 0 bridgehead atoms. The number of aromatic nitrogens is 1. The van der Waals surface area contributed by atoms with Gasteiger partial charge < -0.3 is 10.6 Å². The molecular weight excluding hydrogens is 262 g/mol. The van der Waals surface area contributed by atoms with E-state index >= 15 is 0 Å². The molecule has 1 fully saturated rings. The van der Waals surface area contributed by atoms with Gasteiger partial charge in [0.1, 0.15) is 0 Å². The molecular formula is C17H19N3O. The molecule has 3 rings (SSSR count). The molecule has 1 saturated carbocycles. The first kappa shape index (κ1) is 13.6. The largest absolute Gasteiger partial charge is 0.381 e. The van der Waals surface area contributed by atoms with E-state index in [9.17, 15) is 4.79 Å². The van der Waals surface area contributed by atoms with Crippen molar-refractivity contribution < 1.29 is 4.79 Å². The van der Waals surface area contributed by atoms with Crippen LogP contribution in [0.4, 0.5) is 5.69 Å². The molecule has 21 heavy (non-hydrogen) atoms. The molecule has 1 amide bonds. The van der Waals surface area contributed by atoms with E-state index in [-0.39, 0.29) is 5.91 Å². The summed E-state index contributed by atoms with van der Waals surface area (Å²) in [6.45, 7) is 2.58. The summed E-state index contributed by atoms with van der Waals surface area (Å²) in [7, 11) is 0. The topological polar surface area (TPSA) is 54.0 Å². The Balaban J connectivity index is 1.63. The maximum Gasteiger partial charge on any atom is 0.253 e. The highest BCUT2D eigenvalue weighted by Gasteiger charge is 2.21. The molecule has 108 valence electrons. The number of rotatable bonds is 5. The Hall–Kier alpha value is -2.36. The van der Waals surface area contributed by atoms with Crippen LogP contribution in [0.3, 0.4) is 0 Å². The molecule has 4 heteroatoms. The number of nitrogens with one attached hydrogen (secondary N) is 2. The Morgan fingerprint density at radius 2 is 2.10 bits per heavy atom. The van der Waals surface area contributed by atoms with Crippen molar-refractivity contribution in [2.24, 2.45) is 0 Å². The van der Waals surface area contributed by atoms with Crippen LogP contribution >= 0.6 is 0 Å². The minimum absolute atomic E-state index is 0.0924. The number of benzene rings is 1. The molecule has 0 saturated heterocycles. The van der Waals surface area contributed by atoms with Gasteiger partial charge in [0.05, 0.1) is 11.3 Å². The van der Waals surface area contributed by atoms with E-state index in [1.165, 1.54) is 18.4 Å². The number of anilines is 1. The van der Waals surface area contributed by atoms with E-state index < -0.39 is 0 Å². The predicted molar refractivity (Wildman–Crippen MR) is 83.2 cm³/mol. The fraction of sp³-hybridized carbons (Fsp3) is 0.294. The van der Waals surface area contributed by atoms with Crippen LogP contribution in [0.1, 0.15) is 34.3 Å². The van der Waals surface area contributed by atoms with Gasteiger partial charge in [0.2, 0.25) is 0 Å². The van der Waals surface area contributed by atoms with E-state index in [0.29, 0.717) is 18.2 Å². The van der Waals surface area contributed by atoms with Crippen LogP contribution in [-0.4, -0.2) is 16.9 Å². The van der Waals surface area contributed by atoms with Gasteiger partial charge in [-0.2, -0.15) is 0 Å². The van der Waals surface area contributed by atoms with Gasteiger partial charge in [-0.3, -0.25) is 9.78 Å². The van der Waals surface area contributed by atoms with Crippen LogP contribution in [0.15, 0.2) is 42.7 Å². The van der Waals surface area contributed by atoms with Crippen molar-refractivity contribution in [2.75, 3.05) is 5.32 Å². The molecule has 2 aromatic rings. The smallest absolute Gasteiger partial charge is 0.253 e. The Labute approximate surface area is 124 Å². The van der Waals surface area contributed by atoms with Gasteiger partial charge in [0.25, 0.3) is 5.91 Å². The molecule has 0 unspecified atom stereocenters. The number of hydrogen-bond donors (Lipinski definition) is 2. The Bertz CT molecular complexity index is 650. The van der Waals surface area contributed by atoms with Crippen molar-refractivity contribution in [3.8, 4) is 0 Å². The van der Waals surface area contributed by atoms with Gasteiger partial charge in [-0.15, -0.1) is 0 Å². The molecule has 2 N–H and O–H groups in total. The maximum atomic E-state index is 12.2. The summed E-state index contributed by atoms with van der Waals surface area (Å²) in [5, 5.41) is 6.30. The van der Waals surface area contributed by atoms with Gasteiger partial charge in [-0.05, 0) is 37.0 Å². The Kier molecular flexibility index (Phi) is 3.86. The Morgan fingerprint density at radius 3 is 2.86 bits per heavy atom.